The van der Waals surface area contributed by atoms with Gasteiger partial charge in [0.25, 0.3) is 0 Å². The Morgan fingerprint density at radius 2 is 1.82 bits per heavy atom. The van der Waals surface area contributed by atoms with Gasteiger partial charge in [0.05, 0.1) is 18.6 Å². The fourth-order valence-electron chi connectivity index (χ4n) is 4.77. The van der Waals surface area contributed by atoms with Crippen molar-refractivity contribution in [1.82, 2.24) is 5.32 Å². The molecule has 1 fully saturated rings. The molecule has 148 valence electrons. The summed E-state index contributed by atoms with van der Waals surface area (Å²) in [6.45, 7) is 4.13. The minimum Gasteiger partial charge on any atom is -0.497 e. The second kappa shape index (κ2) is 7.16. The van der Waals surface area contributed by atoms with Gasteiger partial charge in [-0.15, -0.1) is 0 Å². The van der Waals surface area contributed by atoms with Crippen LogP contribution in [0.15, 0.2) is 48.5 Å². The van der Waals surface area contributed by atoms with Gasteiger partial charge in [-0.05, 0) is 44.4 Å². The van der Waals surface area contributed by atoms with Crippen molar-refractivity contribution in [2.24, 2.45) is 0 Å². The third-order valence-corrected chi connectivity index (χ3v) is 6.20. The summed E-state index contributed by atoms with van der Waals surface area (Å²) in [5, 5.41) is 3.39. The van der Waals surface area contributed by atoms with Crippen LogP contribution in [0.1, 0.15) is 63.1 Å². The number of carbonyl (C=O) groups excluding carboxylic acids is 1. The predicted octanol–water partition coefficient (Wildman–Crippen LogP) is 4.93. The van der Waals surface area contributed by atoms with E-state index >= 15 is 0 Å². The van der Waals surface area contributed by atoms with Crippen LogP contribution in [-0.2, 0) is 10.2 Å². The summed E-state index contributed by atoms with van der Waals surface area (Å²) in [6.07, 6.45) is 4.74. The molecule has 1 aliphatic heterocycles. The van der Waals surface area contributed by atoms with Crippen molar-refractivity contribution >= 4 is 5.91 Å². The van der Waals surface area contributed by atoms with E-state index in [9.17, 15) is 4.79 Å². The fraction of sp³-hybridized carbons (Fsp3) is 0.458. The van der Waals surface area contributed by atoms with E-state index in [1.807, 2.05) is 36.4 Å². The quantitative estimate of drug-likeness (QED) is 0.820. The van der Waals surface area contributed by atoms with Crippen LogP contribution < -0.4 is 14.8 Å². The van der Waals surface area contributed by atoms with E-state index in [1.54, 1.807) is 7.11 Å². The molecule has 2 aromatic rings. The zero-order valence-electron chi connectivity index (χ0n) is 17.0. The Balaban J connectivity index is 1.65. The first kappa shape index (κ1) is 18.9. The molecule has 0 aromatic heterocycles. The molecule has 28 heavy (non-hydrogen) atoms. The molecule has 1 aliphatic carbocycles. The van der Waals surface area contributed by atoms with Crippen molar-refractivity contribution in [2.45, 2.75) is 63.0 Å². The van der Waals surface area contributed by atoms with Gasteiger partial charge in [-0.3, -0.25) is 4.79 Å². The van der Waals surface area contributed by atoms with Crippen molar-refractivity contribution in [3.8, 4) is 11.5 Å². The van der Waals surface area contributed by atoms with Crippen LogP contribution in [-0.4, -0.2) is 18.6 Å². The van der Waals surface area contributed by atoms with Crippen molar-refractivity contribution in [3.05, 3.63) is 59.7 Å². The molecular formula is C24H29NO3. The molecule has 0 bridgehead atoms. The molecule has 1 N–H and O–H groups in total. The van der Waals surface area contributed by atoms with Crippen LogP contribution in [0.3, 0.4) is 0 Å². The topological polar surface area (TPSA) is 47.6 Å². The molecule has 1 heterocycles. The summed E-state index contributed by atoms with van der Waals surface area (Å²) >= 11 is 0. The average Bonchev–Trinajstić information content (AvgIpc) is 3.18. The molecule has 1 amide bonds. The minimum atomic E-state index is -0.420. The molecule has 0 saturated heterocycles. The van der Waals surface area contributed by atoms with E-state index in [2.05, 4.69) is 31.3 Å². The third-order valence-electron chi connectivity index (χ3n) is 6.20. The first-order valence-electron chi connectivity index (χ1n) is 10.2. The lowest BCUT2D eigenvalue weighted by molar-refractivity contribution is -0.128. The summed E-state index contributed by atoms with van der Waals surface area (Å²) < 4.78 is 11.5. The zero-order valence-corrected chi connectivity index (χ0v) is 17.0. The Bertz CT molecular complexity index is 853. The zero-order chi connectivity index (χ0) is 19.8. The van der Waals surface area contributed by atoms with Crippen molar-refractivity contribution in [1.29, 1.82) is 0 Å². The van der Waals surface area contributed by atoms with E-state index < -0.39 is 5.41 Å². The van der Waals surface area contributed by atoms with E-state index in [1.165, 1.54) is 0 Å². The van der Waals surface area contributed by atoms with Gasteiger partial charge in [0.2, 0.25) is 5.91 Å². The van der Waals surface area contributed by atoms with Crippen molar-refractivity contribution < 1.29 is 14.3 Å². The monoisotopic (exact) mass is 379 g/mol. The van der Waals surface area contributed by atoms with Crippen LogP contribution in [0, 0.1) is 0 Å². The lowest BCUT2D eigenvalue weighted by atomic mass is 9.77. The lowest BCUT2D eigenvalue weighted by Gasteiger charge is -2.39. The molecule has 1 atom stereocenters. The highest BCUT2D eigenvalue weighted by atomic mass is 16.5. The summed E-state index contributed by atoms with van der Waals surface area (Å²) in [5.74, 6) is 1.69. The highest BCUT2D eigenvalue weighted by molar-refractivity contribution is 5.89. The summed E-state index contributed by atoms with van der Waals surface area (Å²) in [6, 6.07) is 16.0. The van der Waals surface area contributed by atoms with Crippen LogP contribution in [0.5, 0.6) is 11.5 Å². The second-order valence-electron chi connectivity index (χ2n) is 8.65. The van der Waals surface area contributed by atoms with E-state index in [-0.39, 0.29) is 17.6 Å². The number of benzene rings is 2. The lowest BCUT2D eigenvalue weighted by Crippen LogP contribution is -2.47. The van der Waals surface area contributed by atoms with Crippen molar-refractivity contribution in [3.63, 3.8) is 0 Å². The number of amides is 1. The Kier molecular flexibility index (Phi) is 4.82. The van der Waals surface area contributed by atoms with Crippen LogP contribution in [0.25, 0.3) is 0 Å². The highest BCUT2D eigenvalue weighted by Gasteiger charge is 2.44. The average molecular weight is 380 g/mol. The normalized spacial score (nSPS) is 22.0. The van der Waals surface area contributed by atoms with Crippen LogP contribution >= 0.6 is 0 Å². The van der Waals surface area contributed by atoms with Gasteiger partial charge in [-0.2, -0.15) is 0 Å². The third kappa shape index (κ3) is 3.36. The molecule has 2 aromatic carbocycles. The number of hydrogen-bond donors (Lipinski definition) is 1. The summed E-state index contributed by atoms with van der Waals surface area (Å²) in [5.41, 5.74) is 1.38. The first-order valence-corrected chi connectivity index (χ1v) is 10.2. The van der Waals surface area contributed by atoms with Gasteiger partial charge in [0.15, 0.2) is 0 Å². The Morgan fingerprint density at radius 1 is 1.11 bits per heavy atom. The molecule has 2 aliphatic rings. The van der Waals surface area contributed by atoms with E-state index in [4.69, 9.17) is 9.47 Å². The molecule has 0 radical (unpaired) electrons. The van der Waals surface area contributed by atoms with Crippen molar-refractivity contribution in [2.75, 3.05) is 7.11 Å². The smallest absolute Gasteiger partial charge is 0.231 e. The number of ether oxygens (including phenoxy) is 2. The summed E-state index contributed by atoms with van der Waals surface area (Å²) in [7, 11) is 1.65. The van der Waals surface area contributed by atoms with Gasteiger partial charge in [-0.25, -0.2) is 0 Å². The molecule has 4 heteroatoms. The van der Waals surface area contributed by atoms with E-state index in [0.717, 1.165) is 54.7 Å². The van der Waals surface area contributed by atoms with Gasteiger partial charge >= 0.3 is 0 Å². The Hall–Kier alpha value is -2.49. The van der Waals surface area contributed by atoms with Gasteiger partial charge in [-0.1, -0.05) is 43.2 Å². The minimum absolute atomic E-state index is 0.0710. The van der Waals surface area contributed by atoms with Gasteiger partial charge < -0.3 is 14.8 Å². The molecule has 4 nitrogen and oxygen atoms in total. The predicted molar refractivity (Wildman–Crippen MR) is 110 cm³/mol. The maximum atomic E-state index is 13.6. The molecule has 1 saturated carbocycles. The second-order valence-corrected chi connectivity index (χ2v) is 8.65. The number of hydrogen-bond acceptors (Lipinski definition) is 3. The number of carbonyl (C=O) groups is 1. The van der Waals surface area contributed by atoms with Crippen LogP contribution in [0.2, 0.25) is 0 Å². The fourth-order valence-corrected chi connectivity index (χ4v) is 4.77. The van der Waals surface area contributed by atoms with E-state index in [0.29, 0.717) is 0 Å². The maximum Gasteiger partial charge on any atom is 0.231 e. The van der Waals surface area contributed by atoms with Gasteiger partial charge in [0, 0.05) is 18.1 Å². The number of rotatable bonds is 4. The Morgan fingerprint density at radius 3 is 2.50 bits per heavy atom. The number of methoxy groups -OCH3 is 1. The SMILES string of the molecule is COc1ccc2c(c1)OC(C)(C)CC2NC(=O)C1(c2ccccc2)CCCC1. The van der Waals surface area contributed by atoms with Crippen LogP contribution in [0.4, 0.5) is 0 Å². The largest absolute Gasteiger partial charge is 0.497 e. The first-order chi connectivity index (χ1) is 13.4. The molecular weight excluding hydrogens is 350 g/mol. The summed E-state index contributed by atoms with van der Waals surface area (Å²) in [4.78, 5) is 13.6. The maximum absolute atomic E-state index is 13.6. The Labute approximate surface area is 167 Å². The number of nitrogens with one attached hydrogen (secondary N) is 1. The molecule has 1 unspecified atom stereocenters. The molecule has 4 rings (SSSR count). The number of fused-ring (bicyclic) bond motifs is 1. The highest BCUT2D eigenvalue weighted by Crippen LogP contribution is 2.44. The molecule has 0 spiro atoms. The van der Waals surface area contributed by atoms with Gasteiger partial charge in [0.1, 0.15) is 17.1 Å². The standard InChI is InChI=1S/C24H29NO3/c1-23(2)16-20(19-12-11-18(27-3)15-21(19)28-23)25-22(26)24(13-7-8-14-24)17-9-5-4-6-10-17/h4-6,9-12,15,20H,7-8,13-14,16H2,1-3H3,(H,25,26).